The van der Waals surface area contributed by atoms with E-state index >= 15 is 0 Å². The van der Waals surface area contributed by atoms with Crippen molar-refractivity contribution in [3.8, 4) is 5.75 Å². The summed E-state index contributed by atoms with van der Waals surface area (Å²) in [6.07, 6.45) is 0.328. The molecule has 1 amide bonds. The van der Waals surface area contributed by atoms with E-state index in [-0.39, 0.29) is 0 Å². The van der Waals surface area contributed by atoms with Crippen LogP contribution in [-0.2, 0) is 20.7 Å². The van der Waals surface area contributed by atoms with Crippen LogP contribution in [0.5, 0.6) is 5.75 Å². The highest BCUT2D eigenvalue weighted by atomic mass is 16.5. The molecular weight excluding hydrogens is 260 g/mol. The fourth-order valence-corrected chi connectivity index (χ4v) is 1.64. The second kappa shape index (κ2) is 7.49. The Balaban J connectivity index is 2.78. The van der Waals surface area contributed by atoms with Crippen LogP contribution in [0.3, 0.4) is 0 Å². The van der Waals surface area contributed by atoms with Crippen LogP contribution in [0.2, 0.25) is 0 Å². The van der Waals surface area contributed by atoms with Gasteiger partial charge in [-0.15, -0.1) is 0 Å². The van der Waals surface area contributed by atoms with Crippen molar-refractivity contribution in [3.63, 3.8) is 0 Å². The average molecular weight is 280 g/mol. The van der Waals surface area contributed by atoms with Crippen LogP contribution >= 0.6 is 0 Å². The van der Waals surface area contributed by atoms with Crippen molar-refractivity contribution in [2.75, 3.05) is 14.2 Å². The first-order chi connectivity index (χ1) is 9.47. The van der Waals surface area contributed by atoms with Crippen LogP contribution in [0.25, 0.3) is 0 Å². The molecule has 0 aliphatic rings. The Labute approximate surface area is 118 Å². The number of benzene rings is 1. The van der Waals surface area contributed by atoms with E-state index in [1.165, 1.54) is 7.11 Å². The first kappa shape index (κ1) is 16.0. The minimum Gasteiger partial charge on any atom is -0.497 e. The highest BCUT2D eigenvalue weighted by Gasteiger charge is 2.23. The number of carbonyl (C=O) groups excluding carboxylic acids is 2. The molecule has 1 aromatic carbocycles. The molecular formula is C14H20N2O4. The van der Waals surface area contributed by atoms with Gasteiger partial charge >= 0.3 is 5.97 Å². The zero-order chi connectivity index (χ0) is 15.1. The normalized spacial score (nSPS) is 13.2. The van der Waals surface area contributed by atoms with Crippen LogP contribution < -0.4 is 15.8 Å². The standard InChI is InChI=1S/C14H20N2O4/c1-9(15)13(17)16-12(14(18)20-3)8-10-4-6-11(19-2)7-5-10/h4-7,9,12H,8,15H2,1-3H3,(H,16,17)/t9-,12-/m0/s1. The average Bonchev–Trinajstić information content (AvgIpc) is 2.46. The quantitative estimate of drug-likeness (QED) is 0.729. The largest absolute Gasteiger partial charge is 0.497 e. The summed E-state index contributed by atoms with van der Waals surface area (Å²) in [5.74, 6) is -0.174. The van der Waals surface area contributed by atoms with Gasteiger partial charge in [-0.05, 0) is 24.6 Å². The minimum absolute atomic E-state index is 0.328. The van der Waals surface area contributed by atoms with Crippen molar-refractivity contribution in [2.24, 2.45) is 5.73 Å². The Kier molecular flexibility index (Phi) is 5.99. The van der Waals surface area contributed by atoms with Crippen molar-refractivity contribution in [1.29, 1.82) is 0 Å². The lowest BCUT2D eigenvalue weighted by Gasteiger charge is -2.18. The van der Waals surface area contributed by atoms with Crippen molar-refractivity contribution >= 4 is 11.9 Å². The predicted molar refractivity (Wildman–Crippen MR) is 74.3 cm³/mol. The third-order valence-electron chi connectivity index (χ3n) is 2.81. The number of amides is 1. The van der Waals surface area contributed by atoms with E-state index in [0.29, 0.717) is 6.42 Å². The molecule has 0 saturated heterocycles. The zero-order valence-corrected chi connectivity index (χ0v) is 11.9. The predicted octanol–water partition coefficient (Wildman–Crippen LogP) is 0.243. The molecule has 0 bridgehead atoms. The monoisotopic (exact) mass is 280 g/mol. The van der Waals surface area contributed by atoms with Crippen molar-refractivity contribution < 1.29 is 19.1 Å². The molecule has 0 spiro atoms. The maximum atomic E-state index is 11.7. The van der Waals surface area contributed by atoms with Crippen molar-refractivity contribution in [1.82, 2.24) is 5.32 Å². The van der Waals surface area contributed by atoms with Gasteiger partial charge in [0.25, 0.3) is 0 Å². The van der Waals surface area contributed by atoms with Gasteiger partial charge in [-0.1, -0.05) is 12.1 Å². The Hall–Kier alpha value is -2.08. The van der Waals surface area contributed by atoms with Crippen LogP contribution in [0.4, 0.5) is 0 Å². The van der Waals surface area contributed by atoms with Gasteiger partial charge in [0.15, 0.2) is 0 Å². The number of nitrogens with one attached hydrogen (secondary N) is 1. The topological polar surface area (TPSA) is 90.6 Å². The summed E-state index contributed by atoms with van der Waals surface area (Å²) in [5.41, 5.74) is 6.36. The van der Waals surface area contributed by atoms with Gasteiger partial charge in [0.2, 0.25) is 5.91 Å². The molecule has 0 heterocycles. The fourth-order valence-electron chi connectivity index (χ4n) is 1.64. The number of carbonyl (C=O) groups is 2. The van der Waals surface area contributed by atoms with Crippen LogP contribution in [-0.4, -0.2) is 38.2 Å². The Morgan fingerprint density at radius 2 is 1.85 bits per heavy atom. The molecule has 6 nitrogen and oxygen atoms in total. The van der Waals surface area contributed by atoms with Gasteiger partial charge in [0.1, 0.15) is 11.8 Å². The molecule has 0 fully saturated rings. The maximum Gasteiger partial charge on any atom is 0.328 e. The lowest BCUT2D eigenvalue weighted by Crippen LogP contribution is -2.48. The molecule has 0 saturated carbocycles. The van der Waals surface area contributed by atoms with Gasteiger partial charge in [-0.3, -0.25) is 4.79 Å². The SMILES string of the molecule is COC(=O)[C@H](Cc1ccc(OC)cc1)NC(=O)[C@H](C)N. The van der Waals surface area contributed by atoms with E-state index in [1.54, 1.807) is 26.2 Å². The first-order valence-electron chi connectivity index (χ1n) is 6.24. The highest BCUT2D eigenvalue weighted by Crippen LogP contribution is 2.13. The van der Waals surface area contributed by atoms with E-state index in [4.69, 9.17) is 15.2 Å². The summed E-state index contributed by atoms with van der Waals surface area (Å²) in [4.78, 5) is 23.3. The van der Waals surface area contributed by atoms with Gasteiger partial charge in [-0.2, -0.15) is 0 Å². The van der Waals surface area contributed by atoms with E-state index in [0.717, 1.165) is 11.3 Å². The molecule has 1 rings (SSSR count). The van der Waals surface area contributed by atoms with Crippen LogP contribution in [0, 0.1) is 0 Å². The molecule has 2 atom stereocenters. The van der Waals surface area contributed by atoms with Crippen molar-refractivity contribution in [2.45, 2.75) is 25.4 Å². The maximum absolute atomic E-state index is 11.7. The molecule has 20 heavy (non-hydrogen) atoms. The molecule has 0 aliphatic heterocycles. The van der Waals surface area contributed by atoms with E-state index in [9.17, 15) is 9.59 Å². The Bertz CT molecular complexity index is 457. The van der Waals surface area contributed by atoms with Gasteiger partial charge in [0, 0.05) is 6.42 Å². The molecule has 0 unspecified atom stereocenters. The number of ether oxygens (including phenoxy) is 2. The molecule has 1 aromatic rings. The highest BCUT2D eigenvalue weighted by molar-refractivity contribution is 5.87. The fraction of sp³-hybridized carbons (Fsp3) is 0.429. The summed E-state index contributed by atoms with van der Waals surface area (Å²) in [5, 5.41) is 2.57. The second-order valence-corrected chi connectivity index (χ2v) is 4.43. The number of methoxy groups -OCH3 is 2. The third-order valence-corrected chi connectivity index (χ3v) is 2.81. The molecule has 0 aliphatic carbocycles. The lowest BCUT2D eigenvalue weighted by molar-refractivity contribution is -0.145. The van der Waals surface area contributed by atoms with Crippen LogP contribution in [0.15, 0.2) is 24.3 Å². The molecule has 0 radical (unpaired) electrons. The zero-order valence-electron chi connectivity index (χ0n) is 11.9. The van der Waals surface area contributed by atoms with Gasteiger partial charge in [0.05, 0.1) is 20.3 Å². The summed E-state index contributed by atoms with van der Waals surface area (Å²) in [6.45, 7) is 1.55. The summed E-state index contributed by atoms with van der Waals surface area (Å²) in [6, 6.07) is 5.79. The number of nitrogens with two attached hydrogens (primary N) is 1. The Morgan fingerprint density at radius 1 is 1.25 bits per heavy atom. The molecule has 0 aromatic heterocycles. The Morgan fingerprint density at radius 3 is 2.30 bits per heavy atom. The van der Waals surface area contributed by atoms with E-state index < -0.39 is 24.0 Å². The second-order valence-electron chi connectivity index (χ2n) is 4.43. The van der Waals surface area contributed by atoms with Crippen LogP contribution in [0.1, 0.15) is 12.5 Å². The van der Waals surface area contributed by atoms with Gasteiger partial charge < -0.3 is 20.5 Å². The first-order valence-corrected chi connectivity index (χ1v) is 6.24. The van der Waals surface area contributed by atoms with E-state index in [1.807, 2.05) is 12.1 Å². The summed E-state index contributed by atoms with van der Waals surface area (Å²) in [7, 11) is 2.86. The van der Waals surface area contributed by atoms with Crippen molar-refractivity contribution in [3.05, 3.63) is 29.8 Å². The summed E-state index contributed by atoms with van der Waals surface area (Å²) >= 11 is 0. The number of rotatable bonds is 6. The van der Waals surface area contributed by atoms with E-state index in [2.05, 4.69) is 5.32 Å². The lowest BCUT2D eigenvalue weighted by atomic mass is 10.1. The smallest absolute Gasteiger partial charge is 0.328 e. The minimum atomic E-state index is -0.758. The number of hydrogen-bond acceptors (Lipinski definition) is 5. The number of hydrogen-bond donors (Lipinski definition) is 2. The third kappa shape index (κ3) is 4.55. The number of esters is 1. The molecule has 110 valence electrons. The van der Waals surface area contributed by atoms with Gasteiger partial charge in [-0.25, -0.2) is 4.79 Å². The molecule has 6 heteroatoms. The summed E-state index contributed by atoms with van der Waals surface area (Å²) < 4.78 is 9.75. The molecule has 3 N–H and O–H groups in total.